The predicted octanol–water partition coefficient (Wildman–Crippen LogP) is 0.467. The maximum Gasteiger partial charge on any atom is 0.250 e. The molecule has 13 heavy (non-hydrogen) atoms. The summed E-state index contributed by atoms with van der Waals surface area (Å²) in [6.45, 7) is 1.30. The smallest absolute Gasteiger partial charge is 0.250 e. The molecule has 0 atom stereocenters. The zero-order valence-corrected chi connectivity index (χ0v) is 7.69. The Balaban J connectivity index is 2.65. The van der Waals surface area contributed by atoms with Gasteiger partial charge in [0.25, 0.3) is 5.56 Å². The van der Waals surface area contributed by atoms with Crippen LogP contribution in [0.3, 0.4) is 0 Å². The van der Waals surface area contributed by atoms with Gasteiger partial charge in [-0.2, -0.15) is 0 Å². The fraction of sp³-hybridized carbons (Fsp3) is 0.444. The molecular formula is C9H14N2O2. The summed E-state index contributed by atoms with van der Waals surface area (Å²) < 4.78 is 6.48. The van der Waals surface area contributed by atoms with Crippen molar-refractivity contribution in [3.63, 3.8) is 0 Å². The van der Waals surface area contributed by atoms with E-state index >= 15 is 0 Å². The molecule has 0 radical (unpaired) electrons. The third-order valence-electron chi connectivity index (χ3n) is 1.75. The first-order chi connectivity index (χ1) is 6.24. The average Bonchev–Trinajstić information content (AvgIpc) is 2.11. The molecule has 1 aromatic rings. The summed E-state index contributed by atoms with van der Waals surface area (Å²) in [6.07, 6.45) is 2.47. The molecule has 0 aromatic carbocycles. The van der Waals surface area contributed by atoms with Crippen LogP contribution in [0.1, 0.15) is 6.42 Å². The summed E-state index contributed by atoms with van der Waals surface area (Å²) in [7, 11) is 1.64. The van der Waals surface area contributed by atoms with E-state index < -0.39 is 0 Å². The summed E-state index contributed by atoms with van der Waals surface area (Å²) in [5.41, 5.74) is 6.13. The van der Waals surface area contributed by atoms with Gasteiger partial charge in [-0.1, -0.05) is 0 Å². The van der Waals surface area contributed by atoms with Gasteiger partial charge >= 0.3 is 0 Å². The minimum Gasteiger partial charge on any atom is -0.398 e. The van der Waals surface area contributed by atoms with Crippen molar-refractivity contribution in [1.82, 2.24) is 4.57 Å². The number of nitrogen functional groups attached to an aromatic ring is 1. The number of pyridine rings is 1. The zero-order valence-electron chi connectivity index (χ0n) is 7.69. The fourth-order valence-corrected chi connectivity index (χ4v) is 1.10. The highest BCUT2D eigenvalue weighted by molar-refractivity contribution is 5.33. The molecule has 2 N–H and O–H groups in total. The maximum absolute atomic E-state index is 11.2. The number of nitrogens with zero attached hydrogens (tertiary/aromatic N) is 1. The molecule has 0 aliphatic rings. The Morgan fingerprint density at radius 2 is 2.31 bits per heavy atom. The summed E-state index contributed by atoms with van der Waals surface area (Å²) in [5.74, 6) is 0. The van der Waals surface area contributed by atoms with Crippen LogP contribution in [0.4, 0.5) is 5.69 Å². The number of hydrogen-bond acceptors (Lipinski definition) is 3. The Labute approximate surface area is 76.9 Å². The van der Waals surface area contributed by atoms with E-state index in [1.807, 2.05) is 0 Å². The number of nitrogens with two attached hydrogens (primary N) is 1. The molecular weight excluding hydrogens is 168 g/mol. The van der Waals surface area contributed by atoms with Crippen molar-refractivity contribution in [2.75, 3.05) is 19.5 Å². The quantitative estimate of drug-likeness (QED) is 0.688. The molecule has 0 fully saturated rings. The number of rotatable bonds is 4. The predicted molar refractivity (Wildman–Crippen MR) is 51.6 cm³/mol. The molecule has 0 saturated heterocycles. The standard InChI is InChI=1S/C9H14N2O2/c1-13-6-2-5-11-7-8(10)3-4-9(11)12/h3-4,7H,2,5-6,10H2,1H3. The molecule has 0 bridgehead atoms. The minimum absolute atomic E-state index is 0.0229. The van der Waals surface area contributed by atoms with Gasteiger partial charge in [-0.15, -0.1) is 0 Å². The molecule has 0 saturated carbocycles. The van der Waals surface area contributed by atoms with Crippen LogP contribution in [0.2, 0.25) is 0 Å². The van der Waals surface area contributed by atoms with Crippen LogP contribution in [0.5, 0.6) is 0 Å². The Bertz CT molecular complexity index is 320. The van der Waals surface area contributed by atoms with E-state index in [0.717, 1.165) is 6.42 Å². The Hall–Kier alpha value is -1.29. The van der Waals surface area contributed by atoms with Gasteiger partial charge in [-0.05, 0) is 12.5 Å². The van der Waals surface area contributed by atoms with Crippen LogP contribution in [0.15, 0.2) is 23.1 Å². The molecule has 4 nitrogen and oxygen atoms in total. The molecule has 72 valence electrons. The fourth-order valence-electron chi connectivity index (χ4n) is 1.10. The molecule has 0 aliphatic carbocycles. The largest absolute Gasteiger partial charge is 0.398 e. The van der Waals surface area contributed by atoms with Crippen LogP contribution in [-0.4, -0.2) is 18.3 Å². The second-order valence-electron chi connectivity index (χ2n) is 2.84. The van der Waals surface area contributed by atoms with E-state index in [2.05, 4.69) is 0 Å². The van der Waals surface area contributed by atoms with Crippen molar-refractivity contribution in [1.29, 1.82) is 0 Å². The summed E-state index contributed by atoms with van der Waals surface area (Å²) in [5, 5.41) is 0. The van der Waals surface area contributed by atoms with E-state index in [-0.39, 0.29) is 5.56 Å². The van der Waals surface area contributed by atoms with Crippen molar-refractivity contribution >= 4 is 5.69 Å². The molecule has 1 rings (SSSR count). The van der Waals surface area contributed by atoms with Gasteiger partial charge in [0.05, 0.1) is 0 Å². The highest BCUT2D eigenvalue weighted by Crippen LogP contribution is 1.96. The van der Waals surface area contributed by atoms with Gasteiger partial charge in [0, 0.05) is 38.2 Å². The SMILES string of the molecule is COCCCn1cc(N)ccc1=O. The molecule has 0 aliphatic heterocycles. The van der Waals surface area contributed by atoms with Crippen LogP contribution in [0.25, 0.3) is 0 Å². The molecule has 1 heterocycles. The lowest BCUT2D eigenvalue weighted by Gasteiger charge is -2.05. The number of methoxy groups -OCH3 is 1. The first kappa shape index (κ1) is 9.80. The highest BCUT2D eigenvalue weighted by atomic mass is 16.5. The van der Waals surface area contributed by atoms with Crippen LogP contribution >= 0.6 is 0 Å². The second-order valence-corrected chi connectivity index (χ2v) is 2.84. The number of anilines is 1. The number of hydrogen-bond donors (Lipinski definition) is 1. The van der Waals surface area contributed by atoms with E-state index in [1.54, 1.807) is 23.9 Å². The Kier molecular flexibility index (Phi) is 3.52. The summed E-state index contributed by atoms with van der Waals surface area (Å²) >= 11 is 0. The van der Waals surface area contributed by atoms with Crippen LogP contribution in [-0.2, 0) is 11.3 Å². The number of aryl methyl sites for hydroxylation is 1. The first-order valence-electron chi connectivity index (χ1n) is 4.19. The molecule has 0 unspecified atom stereocenters. The maximum atomic E-state index is 11.2. The van der Waals surface area contributed by atoms with Gasteiger partial charge in [-0.25, -0.2) is 0 Å². The molecule has 0 spiro atoms. The monoisotopic (exact) mass is 182 g/mol. The van der Waals surface area contributed by atoms with Gasteiger partial charge in [0.2, 0.25) is 0 Å². The Morgan fingerprint density at radius 3 is 3.00 bits per heavy atom. The van der Waals surface area contributed by atoms with Crippen LogP contribution < -0.4 is 11.3 Å². The van der Waals surface area contributed by atoms with Gasteiger partial charge in [0.15, 0.2) is 0 Å². The lowest BCUT2D eigenvalue weighted by atomic mass is 10.4. The van der Waals surface area contributed by atoms with E-state index in [9.17, 15) is 4.79 Å². The van der Waals surface area contributed by atoms with E-state index in [4.69, 9.17) is 10.5 Å². The zero-order chi connectivity index (χ0) is 9.68. The lowest BCUT2D eigenvalue weighted by Crippen LogP contribution is -2.19. The summed E-state index contributed by atoms with van der Waals surface area (Å²) in [6, 6.07) is 3.08. The second kappa shape index (κ2) is 4.67. The van der Waals surface area contributed by atoms with Crippen molar-refractivity contribution in [2.24, 2.45) is 0 Å². The van der Waals surface area contributed by atoms with E-state index in [0.29, 0.717) is 18.8 Å². The average molecular weight is 182 g/mol. The third kappa shape index (κ3) is 2.91. The molecule has 1 aromatic heterocycles. The van der Waals surface area contributed by atoms with Gasteiger partial charge in [0.1, 0.15) is 0 Å². The minimum atomic E-state index is -0.0229. The van der Waals surface area contributed by atoms with Crippen molar-refractivity contribution in [3.05, 3.63) is 28.7 Å². The van der Waals surface area contributed by atoms with Crippen molar-refractivity contribution in [3.8, 4) is 0 Å². The normalized spacial score (nSPS) is 10.2. The molecule has 0 amide bonds. The number of ether oxygens (including phenoxy) is 1. The van der Waals surface area contributed by atoms with Crippen LogP contribution in [0, 0.1) is 0 Å². The third-order valence-corrected chi connectivity index (χ3v) is 1.75. The topological polar surface area (TPSA) is 57.2 Å². The summed E-state index contributed by atoms with van der Waals surface area (Å²) in [4.78, 5) is 11.2. The van der Waals surface area contributed by atoms with Gasteiger partial charge in [-0.3, -0.25) is 4.79 Å². The first-order valence-corrected chi connectivity index (χ1v) is 4.19. The highest BCUT2D eigenvalue weighted by Gasteiger charge is 1.95. The van der Waals surface area contributed by atoms with E-state index in [1.165, 1.54) is 6.07 Å². The van der Waals surface area contributed by atoms with Gasteiger partial charge < -0.3 is 15.0 Å². The number of aromatic nitrogens is 1. The lowest BCUT2D eigenvalue weighted by molar-refractivity contribution is 0.190. The van der Waals surface area contributed by atoms with Crippen molar-refractivity contribution in [2.45, 2.75) is 13.0 Å². The van der Waals surface area contributed by atoms with Crippen molar-refractivity contribution < 1.29 is 4.74 Å². The molecule has 4 heteroatoms. The Morgan fingerprint density at radius 1 is 1.54 bits per heavy atom.